The Hall–Kier alpha value is -3.62. The van der Waals surface area contributed by atoms with E-state index in [9.17, 15) is 12.8 Å². The van der Waals surface area contributed by atoms with E-state index in [1.54, 1.807) is 12.3 Å². The molecule has 6 nitrogen and oxygen atoms in total. The summed E-state index contributed by atoms with van der Waals surface area (Å²) in [6.45, 7) is 0. The minimum Gasteiger partial charge on any atom is -0.324 e. The molecule has 0 saturated carbocycles. The summed E-state index contributed by atoms with van der Waals surface area (Å²) < 4.78 is 45.2. The van der Waals surface area contributed by atoms with Crippen LogP contribution in [-0.2, 0) is 23.0 Å². The number of aryl methyl sites for hydroxylation is 1. The number of benzene rings is 3. The molecular formula is C27H24FN3O3S. The van der Waals surface area contributed by atoms with Crippen molar-refractivity contribution in [2.24, 2.45) is 0 Å². The minimum atomic E-state index is -3.94. The van der Waals surface area contributed by atoms with E-state index in [0.717, 1.165) is 33.6 Å². The summed E-state index contributed by atoms with van der Waals surface area (Å²) in [6, 6.07) is 22.4. The Kier molecular flexibility index (Phi) is 6.32. The van der Waals surface area contributed by atoms with Crippen LogP contribution < -0.4 is 5.32 Å². The summed E-state index contributed by atoms with van der Waals surface area (Å²) in [7, 11) is -3.94. The van der Waals surface area contributed by atoms with E-state index in [-0.39, 0.29) is 17.5 Å². The highest BCUT2D eigenvalue weighted by molar-refractivity contribution is 7.85. The van der Waals surface area contributed by atoms with Crippen molar-refractivity contribution in [3.63, 3.8) is 0 Å². The van der Waals surface area contributed by atoms with Gasteiger partial charge in [0.2, 0.25) is 5.95 Å². The second kappa shape index (κ2) is 9.56. The largest absolute Gasteiger partial charge is 0.324 e. The summed E-state index contributed by atoms with van der Waals surface area (Å²) >= 11 is 0. The third-order valence-electron chi connectivity index (χ3n) is 6.24. The predicted molar refractivity (Wildman–Crippen MR) is 134 cm³/mol. The lowest BCUT2D eigenvalue weighted by molar-refractivity contribution is 0.481. The van der Waals surface area contributed by atoms with E-state index in [1.165, 1.54) is 6.07 Å². The first-order chi connectivity index (χ1) is 16.9. The summed E-state index contributed by atoms with van der Waals surface area (Å²) in [5.41, 5.74) is 6.27. The van der Waals surface area contributed by atoms with Gasteiger partial charge < -0.3 is 5.32 Å². The Balaban J connectivity index is 1.37. The number of fused-ring (bicyclic) bond motifs is 3. The van der Waals surface area contributed by atoms with Crippen molar-refractivity contribution < 1.29 is 17.4 Å². The maximum absolute atomic E-state index is 14.6. The molecule has 1 unspecified atom stereocenters. The molecule has 1 aromatic heterocycles. The molecule has 1 heterocycles. The number of halogens is 1. The first kappa shape index (κ1) is 23.1. The molecule has 1 aliphatic rings. The van der Waals surface area contributed by atoms with Gasteiger partial charge in [-0.15, -0.1) is 0 Å². The zero-order valence-corrected chi connectivity index (χ0v) is 19.7. The van der Waals surface area contributed by atoms with Gasteiger partial charge >= 0.3 is 0 Å². The van der Waals surface area contributed by atoms with Crippen molar-refractivity contribution in [3.8, 4) is 11.3 Å². The molecule has 0 amide bonds. The molecule has 178 valence electrons. The van der Waals surface area contributed by atoms with E-state index in [0.29, 0.717) is 30.8 Å². The van der Waals surface area contributed by atoms with Crippen LogP contribution in [0.5, 0.6) is 0 Å². The van der Waals surface area contributed by atoms with Crippen molar-refractivity contribution in [2.75, 3.05) is 11.1 Å². The average Bonchev–Trinajstić information content (AvgIpc) is 2.84. The fourth-order valence-electron chi connectivity index (χ4n) is 4.57. The second-order valence-electron chi connectivity index (χ2n) is 8.64. The number of nitrogens with one attached hydrogen (secondary N) is 1. The van der Waals surface area contributed by atoms with Gasteiger partial charge in [-0.3, -0.25) is 4.55 Å². The standard InChI is InChI=1S/C27H24FN3O3S/c28-25-10-4-3-8-22(25)24-16-19-17-29-27(31-26(19)23-9-2-1-7-21(23)24)30-20-13-11-18(12-14-20)6-5-15-35(32,33)34/h1-4,7-14,17,24H,5-6,15-16H2,(H,29,30,31)(H,32,33,34). The molecule has 2 N–H and O–H groups in total. The third kappa shape index (κ3) is 5.23. The first-order valence-corrected chi connectivity index (χ1v) is 13.0. The second-order valence-corrected chi connectivity index (χ2v) is 10.2. The van der Waals surface area contributed by atoms with Gasteiger partial charge in [0, 0.05) is 23.4 Å². The highest BCUT2D eigenvalue weighted by Gasteiger charge is 2.28. The molecule has 0 saturated heterocycles. The van der Waals surface area contributed by atoms with Crippen LogP contribution in [-0.4, -0.2) is 28.7 Å². The van der Waals surface area contributed by atoms with Crippen molar-refractivity contribution in [3.05, 3.63) is 107 Å². The van der Waals surface area contributed by atoms with E-state index in [4.69, 9.17) is 9.54 Å². The molecule has 0 aliphatic heterocycles. The summed E-state index contributed by atoms with van der Waals surface area (Å²) in [5, 5.41) is 3.23. The number of hydrogen-bond donors (Lipinski definition) is 2. The fourth-order valence-corrected chi connectivity index (χ4v) is 5.08. The predicted octanol–water partition coefficient (Wildman–Crippen LogP) is 5.53. The lowest BCUT2D eigenvalue weighted by Gasteiger charge is -2.27. The summed E-state index contributed by atoms with van der Waals surface area (Å²) in [4.78, 5) is 9.29. The molecule has 1 aliphatic carbocycles. The Bertz CT molecular complexity index is 1470. The van der Waals surface area contributed by atoms with Crippen LogP contribution in [0.4, 0.5) is 16.0 Å². The maximum Gasteiger partial charge on any atom is 0.264 e. The quantitative estimate of drug-likeness (QED) is 0.332. The maximum atomic E-state index is 14.6. The topological polar surface area (TPSA) is 92.2 Å². The van der Waals surface area contributed by atoms with Crippen LogP contribution in [0.3, 0.4) is 0 Å². The fraction of sp³-hybridized carbons (Fsp3) is 0.185. The SMILES string of the molecule is O=S(=O)(O)CCCc1ccc(Nc2ncc3c(n2)-c2ccccc2C(c2ccccc2F)C3)cc1. The van der Waals surface area contributed by atoms with Crippen LogP contribution in [0.25, 0.3) is 11.3 Å². The van der Waals surface area contributed by atoms with Crippen LogP contribution in [0.15, 0.2) is 79.0 Å². The van der Waals surface area contributed by atoms with Crippen LogP contribution in [0, 0.1) is 5.82 Å². The normalized spacial score (nSPS) is 14.7. The van der Waals surface area contributed by atoms with Gasteiger partial charge in [-0.1, -0.05) is 54.6 Å². The third-order valence-corrected chi connectivity index (χ3v) is 7.04. The van der Waals surface area contributed by atoms with Crippen LogP contribution >= 0.6 is 0 Å². The van der Waals surface area contributed by atoms with Gasteiger partial charge in [0.15, 0.2) is 0 Å². The van der Waals surface area contributed by atoms with Gasteiger partial charge in [-0.25, -0.2) is 14.4 Å². The molecule has 35 heavy (non-hydrogen) atoms. The average molecular weight is 490 g/mol. The number of nitrogens with zero attached hydrogens (tertiary/aromatic N) is 2. The molecular weight excluding hydrogens is 465 g/mol. The zero-order valence-electron chi connectivity index (χ0n) is 18.9. The Labute approximate surface area is 203 Å². The molecule has 0 fully saturated rings. The van der Waals surface area contributed by atoms with Crippen molar-refractivity contribution in [1.29, 1.82) is 0 Å². The highest BCUT2D eigenvalue weighted by atomic mass is 32.2. The molecule has 0 bridgehead atoms. The van der Waals surface area contributed by atoms with E-state index < -0.39 is 10.1 Å². The molecule has 4 aromatic rings. The smallest absolute Gasteiger partial charge is 0.264 e. The number of rotatable bonds is 7. The Morgan fingerprint density at radius 1 is 0.971 bits per heavy atom. The number of aromatic nitrogens is 2. The first-order valence-electron chi connectivity index (χ1n) is 11.4. The van der Waals surface area contributed by atoms with Gasteiger partial charge in [0.05, 0.1) is 11.4 Å². The van der Waals surface area contributed by atoms with E-state index in [2.05, 4.69) is 10.3 Å². The van der Waals surface area contributed by atoms with Gasteiger partial charge in [0.25, 0.3) is 10.1 Å². The summed E-state index contributed by atoms with van der Waals surface area (Å²) in [6.07, 6.45) is 3.33. The molecule has 3 aromatic carbocycles. The van der Waals surface area contributed by atoms with Gasteiger partial charge in [0.1, 0.15) is 5.82 Å². The lowest BCUT2D eigenvalue weighted by atomic mass is 9.78. The molecule has 0 radical (unpaired) electrons. The highest BCUT2D eigenvalue weighted by Crippen LogP contribution is 2.42. The Morgan fingerprint density at radius 2 is 1.69 bits per heavy atom. The molecule has 0 spiro atoms. The molecule has 5 rings (SSSR count). The van der Waals surface area contributed by atoms with Gasteiger partial charge in [-0.2, -0.15) is 8.42 Å². The molecule has 1 atom stereocenters. The number of anilines is 2. The zero-order chi connectivity index (χ0) is 24.4. The van der Waals surface area contributed by atoms with Crippen LogP contribution in [0.1, 0.15) is 34.6 Å². The lowest BCUT2D eigenvalue weighted by Crippen LogP contribution is -2.16. The molecule has 8 heteroatoms. The van der Waals surface area contributed by atoms with Crippen molar-refractivity contribution in [2.45, 2.75) is 25.2 Å². The van der Waals surface area contributed by atoms with Crippen LogP contribution in [0.2, 0.25) is 0 Å². The number of hydrogen-bond acceptors (Lipinski definition) is 5. The minimum absolute atomic E-state index is 0.101. The van der Waals surface area contributed by atoms with Gasteiger partial charge in [-0.05, 0) is 59.7 Å². The van der Waals surface area contributed by atoms with E-state index in [1.807, 2.05) is 60.7 Å². The monoisotopic (exact) mass is 489 g/mol. The summed E-state index contributed by atoms with van der Waals surface area (Å²) in [5.74, 6) is -0.107. The van der Waals surface area contributed by atoms with E-state index >= 15 is 0 Å². The Morgan fingerprint density at radius 3 is 2.43 bits per heavy atom. The van der Waals surface area contributed by atoms with Crippen molar-refractivity contribution in [1.82, 2.24) is 9.97 Å². The van der Waals surface area contributed by atoms with Crippen molar-refractivity contribution >= 4 is 21.8 Å².